The van der Waals surface area contributed by atoms with Gasteiger partial charge in [0.15, 0.2) is 0 Å². The summed E-state index contributed by atoms with van der Waals surface area (Å²) in [6.07, 6.45) is 29.4. The van der Waals surface area contributed by atoms with Crippen LogP contribution in [0.5, 0.6) is 0 Å². The number of hydrogen-bond acceptors (Lipinski definition) is 3. The van der Waals surface area contributed by atoms with Crippen molar-refractivity contribution in [2.24, 2.45) is 5.73 Å². The third-order valence-corrected chi connectivity index (χ3v) is 10.1. The molecule has 0 heterocycles. The van der Waals surface area contributed by atoms with Crippen molar-refractivity contribution >= 4 is 5.57 Å². The summed E-state index contributed by atoms with van der Waals surface area (Å²) < 4.78 is 12.1. The van der Waals surface area contributed by atoms with Crippen LogP contribution in [0.25, 0.3) is 5.57 Å². The largest absolute Gasteiger partial charge is 0.402 e. The van der Waals surface area contributed by atoms with Gasteiger partial charge in [0.25, 0.3) is 0 Å². The predicted octanol–water partition coefficient (Wildman–Crippen LogP) is 13.6. The van der Waals surface area contributed by atoms with E-state index in [1.54, 1.807) is 13.8 Å². The van der Waals surface area contributed by atoms with Crippen LogP contribution in [0.3, 0.4) is 0 Å². The molecule has 0 fully saturated rings. The summed E-state index contributed by atoms with van der Waals surface area (Å²) in [6.45, 7) is 29.7. The van der Waals surface area contributed by atoms with Crippen molar-refractivity contribution in [2.45, 2.75) is 157 Å². The summed E-state index contributed by atoms with van der Waals surface area (Å²) in [7, 11) is 2.05. The van der Waals surface area contributed by atoms with Crippen LogP contribution in [0.2, 0.25) is 0 Å². The van der Waals surface area contributed by atoms with Crippen molar-refractivity contribution in [1.29, 1.82) is 0 Å². The summed E-state index contributed by atoms with van der Waals surface area (Å²) in [4.78, 5) is 0. The van der Waals surface area contributed by atoms with E-state index in [0.29, 0.717) is 12.5 Å². The van der Waals surface area contributed by atoms with E-state index in [9.17, 15) is 4.39 Å². The Morgan fingerprint density at radius 2 is 1.70 bits per heavy atom. The zero-order valence-electron chi connectivity index (χ0n) is 36.1. The highest BCUT2D eigenvalue weighted by atomic mass is 19.1. The molecular weight excluding hydrogens is 650 g/mol. The molecule has 0 saturated carbocycles. The Kier molecular flexibility index (Phi) is 26.6. The Balaban J connectivity index is 0.000000905. The summed E-state index contributed by atoms with van der Waals surface area (Å²) in [5, 5.41) is 6.98. The molecule has 53 heavy (non-hydrogen) atoms. The average Bonchev–Trinajstić information content (AvgIpc) is 3.47. The second-order valence-corrected chi connectivity index (χ2v) is 14.1. The van der Waals surface area contributed by atoms with Gasteiger partial charge >= 0.3 is 0 Å². The lowest BCUT2D eigenvalue weighted by molar-refractivity contribution is 0.210. The summed E-state index contributed by atoms with van der Waals surface area (Å²) >= 11 is 0. The molecule has 4 heteroatoms. The van der Waals surface area contributed by atoms with Gasteiger partial charge in [-0.1, -0.05) is 140 Å². The highest BCUT2D eigenvalue weighted by Gasteiger charge is 2.45. The minimum absolute atomic E-state index is 0.206. The van der Waals surface area contributed by atoms with Crippen molar-refractivity contribution in [2.75, 3.05) is 20.1 Å². The lowest BCUT2D eigenvalue weighted by Gasteiger charge is -2.34. The number of alkyl halides is 1. The lowest BCUT2D eigenvalue weighted by Crippen LogP contribution is -2.33. The molecule has 4 N–H and O–H groups in total. The monoisotopic (exact) mass is 730 g/mol. The normalized spacial score (nSPS) is 17.9. The van der Waals surface area contributed by atoms with Crippen LogP contribution < -0.4 is 16.4 Å². The first-order valence-corrected chi connectivity index (χ1v) is 20.8. The molecule has 3 aliphatic carbocycles. The molecule has 298 valence electrons. The number of nitrogens with one attached hydrogen (secondary N) is 2. The van der Waals surface area contributed by atoms with Gasteiger partial charge in [-0.25, -0.2) is 4.39 Å². The third-order valence-electron chi connectivity index (χ3n) is 10.1. The van der Waals surface area contributed by atoms with Crippen molar-refractivity contribution in [3.8, 4) is 0 Å². The number of allylic oxidation sites excluding steroid dienone is 13. The molecule has 0 aromatic heterocycles. The molecule has 0 spiro atoms. The van der Waals surface area contributed by atoms with Gasteiger partial charge in [0.2, 0.25) is 0 Å². The number of hydrogen-bond donors (Lipinski definition) is 3. The van der Waals surface area contributed by atoms with Gasteiger partial charge in [-0.15, -0.1) is 0 Å². The Morgan fingerprint density at radius 1 is 1.04 bits per heavy atom. The van der Waals surface area contributed by atoms with Crippen LogP contribution in [0.4, 0.5) is 4.39 Å². The maximum absolute atomic E-state index is 12.1. The number of halogens is 1. The maximum atomic E-state index is 12.1. The summed E-state index contributed by atoms with van der Waals surface area (Å²) in [6, 6.07) is 9.44. The quantitative estimate of drug-likeness (QED) is 0.117. The molecule has 0 amide bonds. The van der Waals surface area contributed by atoms with E-state index in [-0.39, 0.29) is 5.41 Å². The van der Waals surface area contributed by atoms with Crippen LogP contribution in [0, 0.1) is 0 Å². The number of nitrogens with two attached hydrogens (primary N) is 1. The molecule has 1 aromatic rings. The fourth-order valence-corrected chi connectivity index (χ4v) is 6.68. The van der Waals surface area contributed by atoms with E-state index >= 15 is 0 Å². The Morgan fingerprint density at radius 3 is 2.26 bits per heavy atom. The Labute approximate surface area is 327 Å². The van der Waals surface area contributed by atoms with Gasteiger partial charge in [-0.2, -0.15) is 0 Å². The highest BCUT2D eigenvalue weighted by molar-refractivity contribution is 5.85. The van der Waals surface area contributed by atoms with E-state index in [1.807, 2.05) is 53.7 Å². The minimum Gasteiger partial charge on any atom is -0.402 e. The predicted molar refractivity (Wildman–Crippen MR) is 238 cm³/mol. The third kappa shape index (κ3) is 16.8. The minimum atomic E-state index is -0.958. The van der Waals surface area contributed by atoms with Crippen LogP contribution in [-0.2, 0) is 5.41 Å². The van der Waals surface area contributed by atoms with E-state index < -0.39 is 5.67 Å². The van der Waals surface area contributed by atoms with Crippen molar-refractivity contribution < 1.29 is 4.39 Å². The van der Waals surface area contributed by atoms with E-state index in [2.05, 4.69) is 105 Å². The molecule has 0 bridgehead atoms. The van der Waals surface area contributed by atoms with Gasteiger partial charge in [0.05, 0.1) is 5.41 Å². The van der Waals surface area contributed by atoms with Crippen LogP contribution in [0.1, 0.15) is 151 Å². The number of unbranched alkanes of at least 4 members (excludes halogenated alkanes) is 1. The fourth-order valence-electron chi connectivity index (χ4n) is 6.68. The SMILES string of the molecule is C=C(N)C1(CCCCNCCC(CC)NC)C2=C(CCC=C2)c2ccccc21.C=C/C(=C\C=C/C)CC1=CCCC=C1C.CC.CC.CCC(C)(C)F. The highest BCUT2D eigenvalue weighted by Crippen LogP contribution is 2.54. The lowest BCUT2D eigenvalue weighted by atomic mass is 9.70. The van der Waals surface area contributed by atoms with Gasteiger partial charge in [0.1, 0.15) is 5.67 Å². The molecule has 0 radical (unpaired) electrons. The topological polar surface area (TPSA) is 50.1 Å². The van der Waals surface area contributed by atoms with Crippen LogP contribution in [0.15, 0.2) is 114 Å². The van der Waals surface area contributed by atoms with Gasteiger partial charge in [0, 0.05) is 11.7 Å². The van der Waals surface area contributed by atoms with E-state index in [1.165, 1.54) is 71.1 Å². The zero-order chi connectivity index (χ0) is 40.3. The van der Waals surface area contributed by atoms with Crippen molar-refractivity contribution in [3.05, 3.63) is 125 Å². The first-order chi connectivity index (χ1) is 25.5. The summed E-state index contributed by atoms with van der Waals surface area (Å²) in [5.41, 5.74) is 15.9. The molecule has 3 aliphatic rings. The molecule has 0 aliphatic heterocycles. The standard InChI is InChI=1S/C25H37N3.C15H20.C5H11F.2C2H6/c1-4-20(27-3)15-18-28-17-10-9-16-25(19(2)26)23-13-7-5-11-21(23)22-12-6-8-14-24(22)25;1-4-6-10-14(5-2)12-15-11-8-7-9-13(15)3;1-4-5(2,3)6;2*1-2/h5,7-8,11,13-14,20,27-28H,2,4,6,9-10,12,15-18,26H2,1,3H3;4-6,9-11H,2,7-8,12H2,1,3H3;4H2,1-3H3;2*1-2H3/b;6-4-,14-10+;;;. The van der Waals surface area contributed by atoms with Gasteiger partial charge in [-0.3, -0.25) is 0 Å². The number of rotatable bonds is 16. The van der Waals surface area contributed by atoms with Gasteiger partial charge in [-0.05, 0) is 145 Å². The summed E-state index contributed by atoms with van der Waals surface area (Å²) in [5.74, 6) is 0. The smallest absolute Gasteiger partial charge is 0.105 e. The van der Waals surface area contributed by atoms with Crippen LogP contribution in [-0.4, -0.2) is 31.8 Å². The second-order valence-electron chi connectivity index (χ2n) is 14.1. The molecule has 4 rings (SSSR count). The van der Waals surface area contributed by atoms with Crippen molar-refractivity contribution in [1.82, 2.24) is 10.6 Å². The first-order valence-electron chi connectivity index (χ1n) is 20.8. The van der Waals surface area contributed by atoms with E-state index in [4.69, 9.17) is 5.73 Å². The van der Waals surface area contributed by atoms with Gasteiger partial charge < -0.3 is 16.4 Å². The molecular formula is C49H80FN3. The molecule has 2 atom stereocenters. The molecule has 1 aromatic carbocycles. The molecule has 3 nitrogen and oxygen atoms in total. The molecule has 0 saturated heterocycles. The fraction of sp³-hybridized carbons (Fsp3) is 0.551. The average molecular weight is 730 g/mol. The number of fused-ring (bicyclic) bond motifs is 2. The van der Waals surface area contributed by atoms with E-state index in [0.717, 1.165) is 50.9 Å². The van der Waals surface area contributed by atoms with Crippen LogP contribution >= 0.6 is 0 Å². The maximum Gasteiger partial charge on any atom is 0.105 e. The Hall–Kier alpha value is -3.21. The second kappa shape index (κ2) is 28.3. The van der Waals surface area contributed by atoms with Crippen molar-refractivity contribution in [3.63, 3.8) is 0 Å². The first kappa shape index (κ1) is 49.8. The Bertz CT molecular complexity index is 1380. The zero-order valence-corrected chi connectivity index (χ0v) is 36.1. The number of benzene rings is 1. The molecule has 2 unspecified atom stereocenters.